The van der Waals surface area contributed by atoms with Crippen molar-refractivity contribution in [3.05, 3.63) is 57.6 Å². The van der Waals surface area contributed by atoms with Gasteiger partial charge in [-0.25, -0.2) is 8.42 Å². The molecule has 2 aromatic rings. The molecule has 2 aromatic carbocycles. The third-order valence-corrected chi connectivity index (χ3v) is 5.28. The molecule has 0 radical (unpaired) electrons. The zero-order valence-corrected chi connectivity index (χ0v) is 16.8. The average molecular weight is 428 g/mol. The van der Waals surface area contributed by atoms with Crippen LogP contribution in [0.15, 0.2) is 42.5 Å². The van der Waals surface area contributed by atoms with E-state index in [-0.39, 0.29) is 17.1 Å². The van der Waals surface area contributed by atoms with Crippen molar-refractivity contribution in [1.82, 2.24) is 0 Å². The van der Waals surface area contributed by atoms with E-state index in [0.717, 1.165) is 16.6 Å². The van der Waals surface area contributed by atoms with Crippen molar-refractivity contribution in [3.63, 3.8) is 0 Å². The van der Waals surface area contributed by atoms with Gasteiger partial charge in [-0.3, -0.25) is 19.2 Å². The van der Waals surface area contributed by atoms with Gasteiger partial charge in [-0.15, -0.1) is 0 Å². The molecule has 9 nitrogen and oxygen atoms in total. The molecule has 0 saturated heterocycles. The van der Waals surface area contributed by atoms with Gasteiger partial charge in [-0.1, -0.05) is 17.7 Å². The molecule has 0 saturated carbocycles. The lowest BCUT2D eigenvalue weighted by molar-refractivity contribution is -0.384. The van der Waals surface area contributed by atoms with Gasteiger partial charge in [-0.05, 0) is 31.2 Å². The van der Waals surface area contributed by atoms with Crippen LogP contribution in [0, 0.1) is 10.1 Å². The Morgan fingerprint density at radius 2 is 1.96 bits per heavy atom. The highest BCUT2D eigenvalue weighted by Crippen LogP contribution is 2.29. The number of ether oxygens (including phenoxy) is 1. The third kappa shape index (κ3) is 4.90. The second-order valence-electron chi connectivity index (χ2n) is 5.85. The predicted octanol–water partition coefficient (Wildman–Crippen LogP) is 3.05. The Labute approximate surface area is 167 Å². The lowest BCUT2D eigenvalue weighted by Crippen LogP contribution is -2.45. The molecule has 11 heteroatoms. The van der Waals surface area contributed by atoms with Crippen molar-refractivity contribution in [2.24, 2.45) is 0 Å². The van der Waals surface area contributed by atoms with E-state index in [9.17, 15) is 23.3 Å². The Kier molecular flexibility index (Phi) is 6.47. The lowest BCUT2D eigenvalue weighted by atomic mass is 10.2. The summed E-state index contributed by atoms with van der Waals surface area (Å²) >= 11 is 5.94. The normalized spacial score (nSPS) is 12.1. The number of non-ortho nitro benzene ring substituents is 1. The zero-order valence-electron chi connectivity index (χ0n) is 15.2. The Morgan fingerprint density at radius 1 is 1.29 bits per heavy atom. The number of anilines is 2. The van der Waals surface area contributed by atoms with Gasteiger partial charge in [0.2, 0.25) is 15.9 Å². The van der Waals surface area contributed by atoms with Crippen LogP contribution in [0.4, 0.5) is 17.1 Å². The molecule has 0 fully saturated rings. The highest BCUT2D eigenvalue weighted by atomic mass is 35.5. The molecular weight excluding hydrogens is 410 g/mol. The number of nitro benzene ring substituents is 1. The van der Waals surface area contributed by atoms with Crippen molar-refractivity contribution in [3.8, 4) is 5.75 Å². The fraction of sp³-hybridized carbons (Fsp3) is 0.235. The summed E-state index contributed by atoms with van der Waals surface area (Å²) in [6.45, 7) is 1.37. The number of hydrogen-bond donors (Lipinski definition) is 1. The highest BCUT2D eigenvalue weighted by molar-refractivity contribution is 7.92. The van der Waals surface area contributed by atoms with Crippen LogP contribution in [0.3, 0.4) is 0 Å². The summed E-state index contributed by atoms with van der Waals surface area (Å²) in [6.07, 6.45) is 0.912. The maximum atomic E-state index is 12.7. The minimum absolute atomic E-state index is 0.00240. The fourth-order valence-electron chi connectivity index (χ4n) is 2.57. The second-order valence-corrected chi connectivity index (χ2v) is 8.14. The molecule has 0 bridgehead atoms. The predicted molar refractivity (Wildman–Crippen MR) is 107 cm³/mol. The maximum Gasteiger partial charge on any atom is 0.271 e. The van der Waals surface area contributed by atoms with Crippen LogP contribution in [-0.4, -0.2) is 38.7 Å². The third-order valence-electron chi connectivity index (χ3n) is 3.80. The van der Waals surface area contributed by atoms with Gasteiger partial charge >= 0.3 is 0 Å². The van der Waals surface area contributed by atoms with E-state index >= 15 is 0 Å². The fourth-order valence-corrected chi connectivity index (χ4v) is 3.91. The van der Waals surface area contributed by atoms with E-state index in [2.05, 4.69) is 5.32 Å². The summed E-state index contributed by atoms with van der Waals surface area (Å²) in [5, 5.41) is 13.9. The SMILES string of the molecule is COc1ccc(Cl)cc1NC(=O)[C@@H](C)N(c1cccc([N+](=O)[O-])c1)S(C)(=O)=O. The van der Waals surface area contributed by atoms with Gasteiger partial charge < -0.3 is 10.1 Å². The molecule has 0 aliphatic carbocycles. The first kappa shape index (κ1) is 21.5. The highest BCUT2D eigenvalue weighted by Gasteiger charge is 2.30. The summed E-state index contributed by atoms with van der Waals surface area (Å²) in [4.78, 5) is 23.1. The first-order valence-electron chi connectivity index (χ1n) is 7.93. The van der Waals surface area contributed by atoms with Crippen molar-refractivity contribution >= 4 is 44.6 Å². The number of amides is 1. The summed E-state index contributed by atoms with van der Waals surface area (Å²) in [6, 6.07) is 8.41. The molecule has 1 N–H and O–H groups in total. The van der Waals surface area contributed by atoms with Crippen LogP contribution >= 0.6 is 11.6 Å². The number of nitro groups is 1. The smallest absolute Gasteiger partial charge is 0.271 e. The molecule has 1 amide bonds. The number of nitrogens with one attached hydrogen (secondary N) is 1. The molecule has 150 valence electrons. The average Bonchev–Trinajstić information content (AvgIpc) is 2.61. The number of hydrogen-bond acceptors (Lipinski definition) is 6. The molecule has 2 rings (SSSR count). The number of rotatable bonds is 7. The van der Waals surface area contributed by atoms with Crippen LogP contribution in [0.25, 0.3) is 0 Å². The van der Waals surface area contributed by atoms with E-state index in [1.165, 1.54) is 38.3 Å². The molecule has 0 spiro atoms. The van der Waals surface area contributed by atoms with E-state index in [1.54, 1.807) is 12.1 Å². The molecule has 0 heterocycles. The Hall–Kier alpha value is -2.85. The number of methoxy groups -OCH3 is 1. The quantitative estimate of drug-likeness (QED) is 0.535. The standard InChI is InChI=1S/C17H18ClN3O6S/c1-11(17(22)19-15-9-12(18)7-8-16(15)27-2)20(28(3,25)26)13-5-4-6-14(10-13)21(23)24/h4-11H,1-3H3,(H,19,22)/t11-/m1/s1. The zero-order chi connectivity index (χ0) is 21.1. The Balaban J connectivity index is 2.40. The van der Waals surface area contributed by atoms with E-state index in [0.29, 0.717) is 10.8 Å². The molecule has 28 heavy (non-hydrogen) atoms. The van der Waals surface area contributed by atoms with Crippen molar-refractivity contribution < 1.29 is 22.9 Å². The van der Waals surface area contributed by atoms with Crippen LogP contribution in [0.2, 0.25) is 5.02 Å². The van der Waals surface area contributed by atoms with Crippen molar-refractivity contribution in [2.45, 2.75) is 13.0 Å². The first-order valence-corrected chi connectivity index (χ1v) is 10.2. The Morgan fingerprint density at radius 3 is 2.54 bits per heavy atom. The van der Waals surface area contributed by atoms with E-state index in [1.807, 2.05) is 0 Å². The summed E-state index contributed by atoms with van der Waals surface area (Å²) < 4.78 is 30.6. The van der Waals surface area contributed by atoms with Crippen molar-refractivity contribution in [2.75, 3.05) is 23.0 Å². The van der Waals surface area contributed by atoms with Gasteiger partial charge in [0.1, 0.15) is 11.8 Å². The van der Waals surface area contributed by atoms with Gasteiger partial charge in [0.15, 0.2) is 0 Å². The first-order chi connectivity index (χ1) is 13.0. The van der Waals surface area contributed by atoms with E-state index < -0.39 is 26.9 Å². The van der Waals surface area contributed by atoms with E-state index in [4.69, 9.17) is 16.3 Å². The number of sulfonamides is 1. The largest absolute Gasteiger partial charge is 0.495 e. The van der Waals surface area contributed by atoms with Gasteiger partial charge in [0, 0.05) is 17.2 Å². The number of benzene rings is 2. The number of halogens is 1. The minimum atomic E-state index is -3.93. The molecule has 0 unspecified atom stereocenters. The van der Waals surface area contributed by atoms with Crippen LogP contribution in [-0.2, 0) is 14.8 Å². The van der Waals surface area contributed by atoms with Crippen LogP contribution < -0.4 is 14.4 Å². The molecule has 0 aliphatic rings. The van der Waals surface area contributed by atoms with Crippen LogP contribution in [0.5, 0.6) is 5.75 Å². The number of carbonyl (C=O) groups is 1. The monoisotopic (exact) mass is 427 g/mol. The molecule has 0 aliphatic heterocycles. The van der Waals surface area contributed by atoms with Crippen LogP contribution in [0.1, 0.15) is 6.92 Å². The Bertz CT molecular complexity index is 1010. The topological polar surface area (TPSA) is 119 Å². The number of nitrogens with zero attached hydrogens (tertiary/aromatic N) is 2. The second kappa shape index (κ2) is 8.44. The van der Waals surface area contributed by atoms with Gasteiger partial charge in [0.25, 0.3) is 5.69 Å². The van der Waals surface area contributed by atoms with Crippen molar-refractivity contribution in [1.29, 1.82) is 0 Å². The molecule has 0 aromatic heterocycles. The molecule has 1 atom stereocenters. The summed E-state index contributed by atoms with van der Waals surface area (Å²) in [7, 11) is -2.52. The lowest BCUT2D eigenvalue weighted by Gasteiger charge is -2.28. The van der Waals surface area contributed by atoms with Gasteiger partial charge in [0.05, 0.1) is 29.7 Å². The number of carbonyl (C=O) groups excluding carboxylic acids is 1. The summed E-state index contributed by atoms with van der Waals surface area (Å²) in [5.41, 5.74) is -0.0352. The minimum Gasteiger partial charge on any atom is -0.495 e. The maximum absolute atomic E-state index is 12.7. The summed E-state index contributed by atoms with van der Waals surface area (Å²) in [5.74, 6) is -0.330. The van der Waals surface area contributed by atoms with Gasteiger partial charge in [-0.2, -0.15) is 0 Å². The molecular formula is C17H18ClN3O6S.